The Balaban J connectivity index is 1.92. The second-order valence-electron chi connectivity index (χ2n) is 6.35. The molecule has 1 amide bonds. The molecule has 1 atom stereocenters. The van der Waals surface area contributed by atoms with Gasteiger partial charge in [-0.1, -0.05) is 30.3 Å². The Morgan fingerprint density at radius 2 is 1.68 bits per heavy atom. The fourth-order valence-electron chi connectivity index (χ4n) is 2.45. The van der Waals surface area contributed by atoms with Crippen LogP contribution in [0, 0.1) is 13.8 Å². The van der Waals surface area contributed by atoms with E-state index in [0.717, 1.165) is 28.1 Å². The van der Waals surface area contributed by atoms with Gasteiger partial charge in [-0.2, -0.15) is 5.10 Å². The Hall–Kier alpha value is -2.82. The van der Waals surface area contributed by atoms with E-state index in [1.165, 1.54) is 0 Å². The predicted molar refractivity (Wildman–Crippen MR) is 106 cm³/mol. The second-order valence-corrected chi connectivity index (χ2v) is 6.35. The van der Waals surface area contributed by atoms with Gasteiger partial charge in [-0.05, 0) is 49.6 Å². The second kappa shape index (κ2) is 8.33. The van der Waals surface area contributed by atoms with E-state index in [2.05, 4.69) is 15.8 Å². The zero-order chi connectivity index (χ0) is 18.4. The molecule has 2 rings (SSSR count). The zero-order valence-corrected chi connectivity index (χ0v) is 15.5. The highest BCUT2D eigenvalue weighted by atomic mass is 16.2. The molecule has 2 N–H and O–H groups in total. The fraction of sp³-hybridized carbons (Fsp3) is 0.300. The topological polar surface area (TPSA) is 56.7 Å². The Kier molecular flexibility index (Phi) is 6.17. The number of benzene rings is 2. The molecule has 0 spiro atoms. The van der Waals surface area contributed by atoms with E-state index in [1.807, 2.05) is 82.2 Å². The van der Waals surface area contributed by atoms with Crippen LogP contribution in [0.25, 0.3) is 0 Å². The van der Waals surface area contributed by atoms with Crippen molar-refractivity contribution < 1.29 is 4.79 Å². The van der Waals surface area contributed by atoms with Crippen LogP contribution < -0.4 is 15.6 Å². The number of amides is 1. The summed E-state index contributed by atoms with van der Waals surface area (Å²) >= 11 is 0. The van der Waals surface area contributed by atoms with Gasteiger partial charge in [0, 0.05) is 25.5 Å². The first-order valence-corrected chi connectivity index (χ1v) is 8.31. The van der Waals surface area contributed by atoms with Crippen LogP contribution in [0.4, 0.5) is 11.4 Å². The van der Waals surface area contributed by atoms with E-state index >= 15 is 0 Å². The number of carbonyl (C=O) groups excluding carboxylic acids is 1. The van der Waals surface area contributed by atoms with Gasteiger partial charge in [-0.25, -0.2) is 5.43 Å². The average molecular weight is 338 g/mol. The van der Waals surface area contributed by atoms with Crippen LogP contribution in [0.5, 0.6) is 0 Å². The standard InChI is InChI=1S/C20H26N4O/c1-14-7-6-8-15(2)19(14)22-16(3)20(25)23-21-13-17-9-11-18(12-10-17)24(4)5/h6-13,16,22H,1-5H3,(H,23,25)/b21-13-/t16-/m0/s1. The van der Waals surface area contributed by atoms with E-state index in [1.54, 1.807) is 6.21 Å². The van der Waals surface area contributed by atoms with Gasteiger partial charge in [0.1, 0.15) is 6.04 Å². The number of nitrogens with one attached hydrogen (secondary N) is 2. The van der Waals surface area contributed by atoms with Gasteiger partial charge in [0.25, 0.3) is 5.91 Å². The molecule has 5 heteroatoms. The molecule has 0 heterocycles. The van der Waals surface area contributed by atoms with Gasteiger partial charge < -0.3 is 10.2 Å². The molecule has 0 fully saturated rings. The van der Waals surface area contributed by atoms with Crippen LogP contribution in [0.1, 0.15) is 23.6 Å². The Bertz CT molecular complexity index is 731. The number of carbonyl (C=O) groups is 1. The minimum absolute atomic E-state index is 0.177. The summed E-state index contributed by atoms with van der Waals surface area (Å²) < 4.78 is 0. The molecule has 0 bridgehead atoms. The number of anilines is 2. The largest absolute Gasteiger partial charge is 0.378 e. The number of hydrazone groups is 1. The molecule has 0 aliphatic heterocycles. The summed E-state index contributed by atoms with van der Waals surface area (Å²) in [5.41, 5.74) is 7.86. The molecule has 5 nitrogen and oxygen atoms in total. The van der Waals surface area contributed by atoms with Crippen molar-refractivity contribution in [2.45, 2.75) is 26.8 Å². The molecule has 2 aromatic carbocycles. The normalized spacial score (nSPS) is 12.0. The van der Waals surface area contributed by atoms with Crippen LogP contribution in [0.2, 0.25) is 0 Å². The van der Waals surface area contributed by atoms with Gasteiger partial charge >= 0.3 is 0 Å². The van der Waals surface area contributed by atoms with Crippen molar-refractivity contribution in [3.05, 3.63) is 59.2 Å². The highest BCUT2D eigenvalue weighted by Gasteiger charge is 2.13. The number of rotatable bonds is 6. The molecule has 2 aromatic rings. The van der Waals surface area contributed by atoms with Crippen molar-refractivity contribution in [3.8, 4) is 0 Å². The van der Waals surface area contributed by atoms with Gasteiger partial charge in [0.05, 0.1) is 6.21 Å². The van der Waals surface area contributed by atoms with Crippen molar-refractivity contribution >= 4 is 23.5 Å². The average Bonchev–Trinajstić information content (AvgIpc) is 2.58. The van der Waals surface area contributed by atoms with Crippen molar-refractivity contribution in [1.29, 1.82) is 0 Å². The van der Waals surface area contributed by atoms with E-state index in [-0.39, 0.29) is 11.9 Å². The minimum atomic E-state index is -0.381. The first kappa shape index (κ1) is 18.5. The number of para-hydroxylation sites is 1. The zero-order valence-electron chi connectivity index (χ0n) is 15.5. The molecular weight excluding hydrogens is 312 g/mol. The van der Waals surface area contributed by atoms with Crippen molar-refractivity contribution in [2.24, 2.45) is 5.10 Å². The van der Waals surface area contributed by atoms with Crippen molar-refractivity contribution in [2.75, 3.05) is 24.3 Å². The van der Waals surface area contributed by atoms with Gasteiger partial charge in [-0.3, -0.25) is 4.79 Å². The van der Waals surface area contributed by atoms with E-state index in [4.69, 9.17) is 0 Å². The predicted octanol–water partition coefficient (Wildman–Crippen LogP) is 3.32. The summed E-state index contributed by atoms with van der Waals surface area (Å²) in [6, 6.07) is 13.6. The quantitative estimate of drug-likeness (QED) is 0.627. The lowest BCUT2D eigenvalue weighted by molar-refractivity contribution is -0.121. The lowest BCUT2D eigenvalue weighted by Gasteiger charge is -2.17. The highest BCUT2D eigenvalue weighted by molar-refractivity contribution is 5.87. The number of hydrogen-bond acceptors (Lipinski definition) is 4. The summed E-state index contributed by atoms with van der Waals surface area (Å²) in [7, 11) is 3.99. The van der Waals surface area contributed by atoms with E-state index in [9.17, 15) is 4.79 Å². The molecule has 0 aliphatic rings. The number of nitrogens with zero attached hydrogens (tertiary/aromatic N) is 2. The Labute approximate surface area is 149 Å². The SMILES string of the molecule is Cc1cccc(C)c1N[C@@H](C)C(=O)N/N=C\c1ccc(N(C)C)cc1. The van der Waals surface area contributed by atoms with Crippen LogP contribution >= 0.6 is 0 Å². The Morgan fingerprint density at radius 1 is 1.08 bits per heavy atom. The third-order valence-corrected chi connectivity index (χ3v) is 4.03. The third kappa shape index (κ3) is 5.08. The molecule has 0 aromatic heterocycles. The first-order chi connectivity index (χ1) is 11.9. The maximum Gasteiger partial charge on any atom is 0.262 e. The van der Waals surface area contributed by atoms with Crippen LogP contribution in [-0.4, -0.2) is 32.3 Å². The monoisotopic (exact) mass is 338 g/mol. The molecule has 0 saturated carbocycles. The molecule has 0 saturated heterocycles. The molecule has 0 aliphatic carbocycles. The maximum atomic E-state index is 12.2. The van der Waals surface area contributed by atoms with E-state index in [0.29, 0.717) is 0 Å². The number of hydrogen-bond donors (Lipinski definition) is 2. The highest BCUT2D eigenvalue weighted by Crippen LogP contribution is 2.20. The maximum absolute atomic E-state index is 12.2. The van der Waals surface area contributed by atoms with Crippen LogP contribution in [-0.2, 0) is 4.79 Å². The molecule has 0 radical (unpaired) electrons. The molecular formula is C20H26N4O. The van der Waals surface area contributed by atoms with Crippen molar-refractivity contribution in [3.63, 3.8) is 0 Å². The number of aryl methyl sites for hydroxylation is 2. The van der Waals surface area contributed by atoms with E-state index < -0.39 is 0 Å². The lowest BCUT2D eigenvalue weighted by atomic mass is 10.1. The molecule has 0 unspecified atom stereocenters. The minimum Gasteiger partial charge on any atom is -0.378 e. The third-order valence-electron chi connectivity index (χ3n) is 4.03. The molecule has 25 heavy (non-hydrogen) atoms. The summed E-state index contributed by atoms with van der Waals surface area (Å²) in [5, 5.41) is 7.30. The van der Waals surface area contributed by atoms with Gasteiger partial charge in [0.2, 0.25) is 0 Å². The van der Waals surface area contributed by atoms with Crippen LogP contribution in [0.15, 0.2) is 47.6 Å². The summed E-state index contributed by atoms with van der Waals surface area (Å²) in [4.78, 5) is 14.2. The smallest absolute Gasteiger partial charge is 0.262 e. The summed E-state index contributed by atoms with van der Waals surface area (Å²) in [6.45, 7) is 5.87. The first-order valence-electron chi connectivity index (χ1n) is 8.31. The molecule has 132 valence electrons. The van der Waals surface area contributed by atoms with Gasteiger partial charge in [0.15, 0.2) is 0 Å². The Morgan fingerprint density at radius 3 is 2.24 bits per heavy atom. The summed E-state index contributed by atoms with van der Waals surface area (Å²) in [6.07, 6.45) is 1.64. The van der Waals surface area contributed by atoms with Gasteiger partial charge in [-0.15, -0.1) is 0 Å². The lowest BCUT2D eigenvalue weighted by Crippen LogP contribution is -2.35. The van der Waals surface area contributed by atoms with Crippen LogP contribution in [0.3, 0.4) is 0 Å². The summed E-state index contributed by atoms with van der Waals surface area (Å²) in [5.74, 6) is -0.177. The fourth-order valence-corrected chi connectivity index (χ4v) is 2.45. The van der Waals surface area contributed by atoms with Crippen molar-refractivity contribution in [1.82, 2.24) is 5.43 Å².